The van der Waals surface area contributed by atoms with Crippen LogP contribution in [0.4, 0.5) is 0 Å². The zero-order valence-electron chi connectivity index (χ0n) is 9.19. The second-order valence-electron chi connectivity index (χ2n) is 4.53. The first-order chi connectivity index (χ1) is 7.59. The molecular weight excluding hydrogens is 206 g/mol. The second-order valence-corrected chi connectivity index (χ2v) is 4.53. The number of hydrogen-bond acceptors (Lipinski definition) is 3. The monoisotopic (exact) mass is 221 g/mol. The molecule has 1 aliphatic rings. The maximum Gasteiger partial charge on any atom is 0.251 e. The third kappa shape index (κ3) is 2.33. The molecule has 1 aromatic rings. The number of aromatic hydroxyl groups is 1. The first-order valence-corrected chi connectivity index (χ1v) is 5.24. The molecule has 1 saturated heterocycles. The van der Waals surface area contributed by atoms with Crippen molar-refractivity contribution in [3.63, 3.8) is 0 Å². The van der Waals surface area contributed by atoms with Gasteiger partial charge >= 0.3 is 0 Å². The van der Waals surface area contributed by atoms with Crippen LogP contribution in [0.1, 0.15) is 17.3 Å². The highest BCUT2D eigenvalue weighted by Gasteiger charge is 2.33. The fraction of sp³-hybridized carbons (Fsp3) is 0.417. The molecule has 86 valence electrons. The number of phenols is 1. The highest BCUT2D eigenvalue weighted by molar-refractivity contribution is 5.94. The van der Waals surface area contributed by atoms with Crippen LogP contribution in [0, 0.1) is 5.41 Å². The first kappa shape index (κ1) is 11.0. The number of hydrogen-bond donors (Lipinski definition) is 2. The Kier molecular flexibility index (Phi) is 2.83. The van der Waals surface area contributed by atoms with E-state index in [2.05, 4.69) is 12.2 Å². The summed E-state index contributed by atoms with van der Waals surface area (Å²) in [5.41, 5.74) is 0.633. The predicted molar refractivity (Wildman–Crippen MR) is 59.4 cm³/mol. The van der Waals surface area contributed by atoms with Crippen LogP contribution < -0.4 is 5.32 Å². The van der Waals surface area contributed by atoms with Crippen LogP contribution in [0.15, 0.2) is 24.3 Å². The number of carbonyl (C=O) groups is 1. The Balaban J connectivity index is 1.90. The van der Waals surface area contributed by atoms with Crippen molar-refractivity contribution in [3.05, 3.63) is 29.8 Å². The number of carbonyl (C=O) groups excluding carboxylic acids is 1. The Labute approximate surface area is 94.2 Å². The van der Waals surface area contributed by atoms with Crippen molar-refractivity contribution in [1.29, 1.82) is 0 Å². The van der Waals surface area contributed by atoms with Gasteiger partial charge in [0.15, 0.2) is 0 Å². The van der Waals surface area contributed by atoms with E-state index in [0.29, 0.717) is 25.3 Å². The summed E-state index contributed by atoms with van der Waals surface area (Å²) in [6.07, 6.45) is 0. The Morgan fingerprint density at radius 3 is 2.56 bits per heavy atom. The third-order valence-corrected chi connectivity index (χ3v) is 2.71. The molecule has 1 amide bonds. The first-order valence-electron chi connectivity index (χ1n) is 5.24. The van der Waals surface area contributed by atoms with Gasteiger partial charge in [0.2, 0.25) is 0 Å². The van der Waals surface area contributed by atoms with Gasteiger partial charge in [0.05, 0.1) is 13.2 Å². The molecule has 2 N–H and O–H groups in total. The van der Waals surface area contributed by atoms with E-state index in [4.69, 9.17) is 9.84 Å². The number of phenolic OH excluding ortho intramolecular Hbond substituents is 1. The lowest BCUT2D eigenvalue weighted by Crippen LogP contribution is -2.48. The third-order valence-electron chi connectivity index (χ3n) is 2.71. The summed E-state index contributed by atoms with van der Waals surface area (Å²) in [5.74, 6) is 0.0454. The molecule has 4 nitrogen and oxygen atoms in total. The Morgan fingerprint density at radius 2 is 2.06 bits per heavy atom. The number of rotatable bonds is 3. The molecule has 0 aliphatic carbocycles. The lowest BCUT2D eigenvalue weighted by Gasteiger charge is -2.38. The fourth-order valence-electron chi connectivity index (χ4n) is 1.56. The average molecular weight is 221 g/mol. The Hall–Kier alpha value is -1.55. The van der Waals surface area contributed by atoms with E-state index < -0.39 is 0 Å². The quantitative estimate of drug-likeness (QED) is 0.805. The van der Waals surface area contributed by atoms with E-state index in [1.165, 1.54) is 12.1 Å². The predicted octanol–water partition coefficient (Wildman–Crippen LogP) is 1.16. The topological polar surface area (TPSA) is 58.6 Å². The Bertz CT molecular complexity index is 382. The lowest BCUT2D eigenvalue weighted by atomic mass is 9.88. The number of benzene rings is 1. The van der Waals surface area contributed by atoms with Crippen molar-refractivity contribution >= 4 is 5.91 Å². The molecule has 16 heavy (non-hydrogen) atoms. The lowest BCUT2D eigenvalue weighted by molar-refractivity contribution is -0.0978. The number of amides is 1. The average Bonchev–Trinajstić information content (AvgIpc) is 2.24. The van der Waals surface area contributed by atoms with E-state index in [-0.39, 0.29) is 17.1 Å². The van der Waals surface area contributed by atoms with Gasteiger partial charge in [-0.15, -0.1) is 0 Å². The van der Waals surface area contributed by atoms with Gasteiger partial charge < -0.3 is 15.2 Å². The van der Waals surface area contributed by atoms with Gasteiger partial charge in [-0.25, -0.2) is 0 Å². The van der Waals surface area contributed by atoms with Gasteiger partial charge in [-0.05, 0) is 24.3 Å². The van der Waals surface area contributed by atoms with Crippen LogP contribution in [0.2, 0.25) is 0 Å². The molecular formula is C12H15NO3. The molecule has 0 radical (unpaired) electrons. The minimum Gasteiger partial charge on any atom is -0.508 e. The van der Waals surface area contributed by atoms with Crippen molar-refractivity contribution in [2.75, 3.05) is 19.8 Å². The minimum atomic E-state index is -0.117. The van der Waals surface area contributed by atoms with Crippen LogP contribution >= 0.6 is 0 Å². The fourth-order valence-corrected chi connectivity index (χ4v) is 1.56. The molecule has 1 fully saturated rings. The van der Waals surface area contributed by atoms with Crippen molar-refractivity contribution in [2.24, 2.45) is 5.41 Å². The minimum absolute atomic E-state index is 0.0760. The summed E-state index contributed by atoms with van der Waals surface area (Å²) in [4.78, 5) is 11.7. The van der Waals surface area contributed by atoms with Crippen LogP contribution in [0.25, 0.3) is 0 Å². The van der Waals surface area contributed by atoms with Crippen molar-refractivity contribution in [2.45, 2.75) is 6.92 Å². The van der Waals surface area contributed by atoms with Gasteiger partial charge in [-0.2, -0.15) is 0 Å². The van der Waals surface area contributed by atoms with Crippen LogP contribution in [-0.4, -0.2) is 30.8 Å². The maximum atomic E-state index is 11.7. The molecule has 4 heteroatoms. The van der Waals surface area contributed by atoms with E-state index in [9.17, 15) is 4.79 Å². The molecule has 1 heterocycles. The SMILES string of the molecule is CC1(CNC(=O)c2ccc(O)cc2)COC1. The normalized spacial score (nSPS) is 17.6. The Morgan fingerprint density at radius 1 is 1.44 bits per heavy atom. The zero-order valence-corrected chi connectivity index (χ0v) is 9.19. The largest absolute Gasteiger partial charge is 0.508 e. The molecule has 2 rings (SSSR count). The summed E-state index contributed by atoms with van der Waals surface area (Å²) in [6, 6.07) is 6.21. The smallest absolute Gasteiger partial charge is 0.251 e. The van der Waals surface area contributed by atoms with Crippen LogP contribution in [0.5, 0.6) is 5.75 Å². The van der Waals surface area contributed by atoms with Crippen molar-refractivity contribution in [3.8, 4) is 5.75 Å². The van der Waals surface area contributed by atoms with Gasteiger partial charge in [-0.1, -0.05) is 6.92 Å². The molecule has 0 saturated carbocycles. The van der Waals surface area contributed by atoms with Gasteiger partial charge in [-0.3, -0.25) is 4.79 Å². The summed E-state index contributed by atoms with van der Waals surface area (Å²) < 4.78 is 5.11. The highest BCUT2D eigenvalue weighted by Crippen LogP contribution is 2.25. The molecule has 1 aliphatic heterocycles. The van der Waals surface area contributed by atoms with Crippen LogP contribution in [0.3, 0.4) is 0 Å². The molecule has 1 aromatic carbocycles. The van der Waals surface area contributed by atoms with Gasteiger partial charge in [0.1, 0.15) is 5.75 Å². The number of nitrogens with one attached hydrogen (secondary N) is 1. The summed E-state index contributed by atoms with van der Waals surface area (Å²) in [5, 5.41) is 12.0. The summed E-state index contributed by atoms with van der Waals surface area (Å²) in [7, 11) is 0. The standard InChI is InChI=1S/C12H15NO3/c1-12(7-16-8-12)6-13-11(15)9-2-4-10(14)5-3-9/h2-5,14H,6-8H2,1H3,(H,13,15). The van der Waals surface area contributed by atoms with E-state index in [1.54, 1.807) is 12.1 Å². The molecule has 0 aromatic heterocycles. The van der Waals surface area contributed by atoms with E-state index >= 15 is 0 Å². The van der Waals surface area contributed by atoms with Gasteiger partial charge in [0, 0.05) is 17.5 Å². The highest BCUT2D eigenvalue weighted by atomic mass is 16.5. The van der Waals surface area contributed by atoms with E-state index in [0.717, 1.165) is 0 Å². The summed E-state index contributed by atoms with van der Waals surface area (Å²) in [6.45, 7) is 4.09. The zero-order chi connectivity index (χ0) is 11.6. The van der Waals surface area contributed by atoms with Crippen LogP contribution in [-0.2, 0) is 4.74 Å². The summed E-state index contributed by atoms with van der Waals surface area (Å²) >= 11 is 0. The van der Waals surface area contributed by atoms with Gasteiger partial charge in [0.25, 0.3) is 5.91 Å². The maximum absolute atomic E-state index is 11.7. The molecule has 0 spiro atoms. The molecule has 0 atom stereocenters. The van der Waals surface area contributed by atoms with Crippen molar-refractivity contribution in [1.82, 2.24) is 5.32 Å². The van der Waals surface area contributed by atoms with E-state index in [1.807, 2.05) is 0 Å². The molecule has 0 unspecified atom stereocenters. The number of ether oxygens (including phenoxy) is 1. The second kappa shape index (κ2) is 4.14. The van der Waals surface area contributed by atoms with Crippen molar-refractivity contribution < 1.29 is 14.6 Å². The molecule has 0 bridgehead atoms.